The Morgan fingerprint density at radius 3 is 2.73 bits per heavy atom. The number of carbonyl (C=O) groups excluding carboxylic acids is 1. The molecule has 0 atom stereocenters. The SMILES string of the molecule is COc1ccc(O)c(C(C)=NNC(=O)c2cc(Br)cn2C)c1. The van der Waals surface area contributed by atoms with Gasteiger partial charge in [0.1, 0.15) is 17.2 Å². The maximum atomic E-state index is 12.1. The minimum atomic E-state index is -0.338. The van der Waals surface area contributed by atoms with Crippen LogP contribution in [0.15, 0.2) is 40.0 Å². The van der Waals surface area contributed by atoms with Crippen LogP contribution in [-0.2, 0) is 7.05 Å². The van der Waals surface area contributed by atoms with Crippen LogP contribution in [0.3, 0.4) is 0 Å². The summed E-state index contributed by atoms with van der Waals surface area (Å²) in [5.41, 5.74) is 3.91. The minimum absolute atomic E-state index is 0.0675. The Morgan fingerprint density at radius 1 is 1.41 bits per heavy atom. The summed E-state index contributed by atoms with van der Waals surface area (Å²) in [4.78, 5) is 12.1. The van der Waals surface area contributed by atoms with Crippen LogP contribution in [0.1, 0.15) is 23.0 Å². The molecule has 0 bridgehead atoms. The molecule has 1 amide bonds. The van der Waals surface area contributed by atoms with E-state index >= 15 is 0 Å². The third-order valence-corrected chi connectivity index (χ3v) is 3.56. The van der Waals surface area contributed by atoms with Gasteiger partial charge in [0.2, 0.25) is 0 Å². The maximum Gasteiger partial charge on any atom is 0.288 e. The quantitative estimate of drug-likeness (QED) is 0.645. The lowest BCUT2D eigenvalue weighted by atomic mass is 10.1. The molecule has 0 aliphatic rings. The number of aromatic hydroxyl groups is 1. The molecular weight excluding hydrogens is 350 g/mol. The van der Waals surface area contributed by atoms with E-state index in [4.69, 9.17) is 4.74 Å². The van der Waals surface area contributed by atoms with Gasteiger partial charge in [0.15, 0.2) is 0 Å². The van der Waals surface area contributed by atoms with Gasteiger partial charge >= 0.3 is 0 Å². The Hall–Kier alpha value is -2.28. The summed E-state index contributed by atoms with van der Waals surface area (Å²) in [6, 6.07) is 6.51. The smallest absolute Gasteiger partial charge is 0.288 e. The lowest BCUT2D eigenvalue weighted by molar-refractivity contribution is 0.0946. The highest BCUT2D eigenvalue weighted by atomic mass is 79.9. The highest BCUT2D eigenvalue weighted by molar-refractivity contribution is 9.10. The number of phenolic OH excluding ortho intramolecular Hbond substituents is 1. The van der Waals surface area contributed by atoms with Gasteiger partial charge in [-0.05, 0) is 47.1 Å². The Kier molecular flexibility index (Phi) is 4.87. The Bertz CT molecular complexity index is 738. The Labute approximate surface area is 136 Å². The molecule has 0 radical (unpaired) electrons. The second-order valence-corrected chi connectivity index (χ2v) is 5.59. The highest BCUT2D eigenvalue weighted by Gasteiger charge is 2.11. The molecule has 1 aromatic carbocycles. The van der Waals surface area contributed by atoms with Crippen LogP contribution in [-0.4, -0.2) is 28.4 Å². The number of nitrogens with one attached hydrogen (secondary N) is 1. The van der Waals surface area contributed by atoms with Gasteiger partial charge in [-0.2, -0.15) is 5.10 Å². The van der Waals surface area contributed by atoms with Gasteiger partial charge in [0.25, 0.3) is 5.91 Å². The number of phenols is 1. The monoisotopic (exact) mass is 365 g/mol. The molecular formula is C15H16BrN3O3. The zero-order valence-corrected chi connectivity index (χ0v) is 14.0. The second kappa shape index (κ2) is 6.65. The summed E-state index contributed by atoms with van der Waals surface area (Å²) in [5.74, 6) is 0.327. The molecule has 2 rings (SSSR count). The van der Waals surface area contributed by atoms with E-state index in [-0.39, 0.29) is 11.7 Å². The van der Waals surface area contributed by atoms with E-state index in [9.17, 15) is 9.90 Å². The first-order chi connectivity index (χ1) is 10.4. The molecule has 2 N–H and O–H groups in total. The van der Waals surface area contributed by atoms with E-state index < -0.39 is 0 Å². The Morgan fingerprint density at radius 2 is 2.14 bits per heavy atom. The van der Waals surface area contributed by atoms with Crippen molar-refractivity contribution in [3.05, 3.63) is 46.2 Å². The highest BCUT2D eigenvalue weighted by Crippen LogP contribution is 2.23. The van der Waals surface area contributed by atoms with Crippen LogP contribution in [0, 0.1) is 0 Å². The standard InChI is InChI=1S/C15H16BrN3O3/c1-9(12-7-11(22-3)4-5-14(12)20)17-18-15(21)13-6-10(16)8-19(13)2/h4-8,20H,1-3H3,(H,18,21). The predicted octanol–water partition coefficient (Wildman–Crippen LogP) is 2.66. The lowest BCUT2D eigenvalue weighted by Crippen LogP contribution is -2.21. The van der Waals surface area contributed by atoms with Gasteiger partial charge in [-0.15, -0.1) is 0 Å². The van der Waals surface area contributed by atoms with Crippen molar-refractivity contribution >= 4 is 27.5 Å². The number of hydrogen-bond donors (Lipinski definition) is 2. The average molecular weight is 366 g/mol. The molecule has 1 aromatic heterocycles. The van der Waals surface area contributed by atoms with Crippen molar-refractivity contribution in [3.8, 4) is 11.5 Å². The molecule has 22 heavy (non-hydrogen) atoms. The zero-order chi connectivity index (χ0) is 16.3. The number of aryl methyl sites for hydroxylation is 1. The molecule has 0 saturated carbocycles. The Balaban J connectivity index is 2.19. The van der Waals surface area contributed by atoms with E-state index in [1.165, 1.54) is 13.2 Å². The number of carbonyl (C=O) groups is 1. The molecule has 2 aromatic rings. The normalized spacial score (nSPS) is 11.4. The molecule has 1 heterocycles. The van der Waals surface area contributed by atoms with Crippen LogP contribution in [0.2, 0.25) is 0 Å². The van der Waals surface area contributed by atoms with Crippen molar-refractivity contribution < 1.29 is 14.6 Å². The van der Waals surface area contributed by atoms with Crippen LogP contribution >= 0.6 is 15.9 Å². The van der Waals surface area contributed by atoms with E-state index in [1.54, 1.807) is 42.9 Å². The van der Waals surface area contributed by atoms with E-state index in [0.29, 0.717) is 22.7 Å². The van der Waals surface area contributed by atoms with E-state index in [1.807, 2.05) is 0 Å². The van der Waals surface area contributed by atoms with Gasteiger partial charge in [-0.1, -0.05) is 0 Å². The molecule has 6 nitrogen and oxygen atoms in total. The van der Waals surface area contributed by atoms with Crippen molar-refractivity contribution in [2.45, 2.75) is 6.92 Å². The maximum absolute atomic E-state index is 12.1. The molecule has 0 aliphatic heterocycles. The number of halogens is 1. The molecule has 0 unspecified atom stereocenters. The number of aromatic nitrogens is 1. The number of methoxy groups -OCH3 is 1. The summed E-state index contributed by atoms with van der Waals surface area (Å²) in [6.07, 6.45) is 1.78. The van der Waals surface area contributed by atoms with Crippen molar-refractivity contribution in [3.63, 3.8) is 0 Å². The van der Waals surface area contributed by atoms with Gasteiger partial charge < -0.3 is 14.4 Å². The molecule has 0 aliphatic carbocycles. The predicted molar refractivity (Wildman–Crippen MR) is 87.4 cm³/mol. The zero-order valence-electron chi connectivity index (χ0n) is 12.4. The van der Waals surface area contributed by atoms with Gasteiger partial charge in [0, 0.05) is 23.3 Å². The fourth-order valence-corrected chi connectivity index (χ4v) is 2.46. The molecule has 0 fully saturated rings. The first-order valence-electron chi connectivity index (χ1n) is 6.46. The third-order valence-electron chi connectivity index (χ3n) is 3.12. The first-order valence-corrected chi connectivity index (χ1v) is 7.25. The number of ether oxygens (including phenoxy) is 1. The van der Waals surface area contributed by atoms with Crippen LogP contribution in [0.5, 0.6) is 11.5 Å². The van der Waals surface area contributed by atoms with Crippen LogP contribution < -0.4 is 10.2 Å². The van der Waals surface area contributed by atoms with Crippen molar-refractivity contribution in [2.75, 3.05) is 7.11 Å². The van der Waals surface area contributed by atoms with Crippen molar-refractivity contribution in [2.24, 2.45) is 12.1 Å². The summed E-state index contributed by atoms with van der Waals surface area (Å²) in [6.45, 7) is 1.69. The fourth-order valence-electron chi connectivity index (χ4n) is 1.93. The second-order valence-electron chi connectivity index (χ2n) is 4.68. The minimum Gasteiger partial charge on any atom is -0.507 e. The van der Waals surface area contributed by atoms with E-state index in [2.05, 4.69) is 26.5 Å². The number of hydrazone groups is 1. The summed E-state index contributed by atoms with van der Waals surface area (Å²) in [5, 5.41) is 13.9. The number of benzene rings is 1. The number of rotatable bonds is 4. The number of nitrogens with zero attached hydrogens (tertiary/aromatic N) is 2. The fraction of sp³-hybridized carbons (Fsp3) is 0.200. The third kappa shape index (κ3) is 3.48. The topological polar surface area (TPSA) is 75.8 Å². The lowest BCUT2D eigenvalue weighted by Gasteiger charge is -2.07. The molecule has 7 heteroatoms. The van der Waals surface area contributed by atoms with Gasteiger partial charge in [-0.3, -0.25) is 4.79 Å². The van der Waals surface area contributed by atoms with Crippen LogP contribution in [0.25, 0.3) is 0 Å². The largest absolute Gasteiger partial charge is 0.507 e. The number of amides is 1. The molecule has 0 spiro atoms. The van der Waals surface area contributed by atoms with Gasteiger partial charge in [0.05, 0.1) is 12.8 Å². The average Bonchev–Trinajstić information content (AvgIpc) is 2.83. The molecule has 116 valence electrons. The summed E-state index contributed by atoms with van der Waals surface area (Å²) >= 11 is 3.31. The van der Waals surface area contributed by atoms with Crippen molar-refractivity contribution in [1.29, 1.82) is 0 Å². The van der Waals surface area contributed by atoms with E-state index in [0.717, 1.165) is 4.47 Å². The van der Waals surface area contributed by atoms with Crippen molar-refractivity contribution in [1.82, 2.24) is 9.99 Å². The first kappa shape index (κ1) is 16.1. The summed E-state index contributed by atoms with van der Waals surface area (Å²) < 4.78 is 7.61. The molecule has 0 saturated heterocycles. The van der Waals surface area contributed by atoms with Gasteiger partial charge in [-0.25, -0.2) is 5.43 Å². The summed E-state index contributed by atoms with van der Waals surface area (Å²) in [7, 11) is 3.31. The van der Waals surface area contributed by atoms with Crippen LogP contribution in [0.4, 0.5) is 0 Å². The number of hydrogen-bond acceptors (Lipinski definition) is 4.